The van der Waals surface area contributed by atoms with Gasteiger partial charge in [0.1, 0.15) is 6.33 Å². The molecule has 0 saturated heterocycles. The predicted octanol–water partition coefficient (Wildman–Crippen LogP) is 1.88. The lowest BCUT2D eigenvalue weighted by Crippen LogP contribution is -2.12. The minimum absolute atomic E-state index is 0.228. The summed E-state index contributed by atoms with van der Waals surface area (Å²) in [6, 6.07) is 0. The topological polar surface area (TPSA) is 70.3 Å². The highest BCUT2D eigenvalue weighted by Crippen LogP contribution is 2.27. The molecule has 0 unspecified atom stereocenters. The van der Waals surface area contributed by atoms with Crippen LogP contribution in [0.15, 0.2) is 6.33 Å². The van der Waals surface area contributed by atoms with Crippen LogP contribution in [0, 0.1) is 5.41 Å². The highest BCUT2D eigenvalue weighted by molar-refractivity contribution is 5.55. The van der Waals surface area contributed by atoms with Gasteiger partial charge >= 0.3 is 0 Å². The van der Waals surface area contributed by atoms with Gasteiger partial charge < -0.3 is 15.2 Å². The van der Waals surface area contributed by atoms with Crippen molar-refractivity contribution in [1.82, 2.24) is 9.97 Å². The SMILES string of the molecule is COc1ncnc(OCCC(C)(C)C)c1N. The molecular formula is C11H19N3O2. The Balaban J connectivity index is 2.61. The van der Waals surface area contributed by atoms with E-state index in [2.05, 4.69) is 30.7 Å². The Labute approximate surface area is 96.0 Å². The molecule has 0 fully saturated rings. The highest BCUT2D eigenvalue weighted by atomic mass is 16.5. The second kappa shape index (κ2) is 5.01. The molecule has 0 atom stereocenters. The zero-order valence-corrected chi connectivity index (χ0v) is 10.3. The number of nitrogens with zero attached hydrogens (tertiary/aromatic N) is 2. The molecule has 0 aliphatic heterocycles. The number of rotatable bonds is 4. The predicted molar refractivity (Wildman–Crippen MR) is 62.6 cm³/mol. The lowest BCUT2D eigenvalue weighted by molar-refractivity contribution is 0.236. The Bertz CT molecular complexity index is 348. The van der Waals surface area contributed by atoms with Crippen molar-refractivity contribution in [3.05, 3.63) is 6.33 Å². The third-order valence-corrected chi connectivity index (χ3v) is 2.09. The molecule has 2 N–H and O–H groups in total. The first kappa shape index (κ1) is 12.5. The Morgan fingerprint density at radius 2 is 1.88 bits per heavy atom. The number of anilines is 1. The summed E-state index contributed by atoms with van der Waals surface area (Å²) >= 11 is 0. The van der Waals surface area contributed by atoms with Crippen LogP contribution in [0.25, 0.3) is 0 Å². The highest BCUT2D eigenvalue weighted by Gasteiger charge is 2.13. The maximum atomic E-state index is 5.77. The summed E-state index contributed by atoms with van der Waals surface area (Å²) in [6.07, 6.45) is 2.31. The van der Waals surface area contributed by atoms with Gasteiger partial charge in [0, 0.05) is 0 Å². The van der Waals surface area contributed by atoms with Crippen molar-refractivity contribution in [2.75, 3.05) is 19.5 Å². The molecule has 0 aromatic carbocycles. The molecule has 5 nitrogen and oxygen atoms in total. The molecule has 16 heavy (non-hydrogen) atoms. The molecule has 1 heterocycles. The zero-order chi connectivity index (χ0) is 12.2. The number of ether oxygens (including phenoxy) is 2. The van der Waals surface area contributed by atoms with E-state index < -0.39 is 0 Å². The first-order valence-corrected chi connectivity index (χ1v) is 5.21. The lowest BCUT2D eigenvalue weighted by Gasteiger charge is -2.18. The van der Waals surface area contributed by atoms with E-state index in [1.54, 1.807) is 0 Å². The van der Waals surface area contributed by atoms with Crippen molar-refractivity contribution < 1.29 is 9.47 Å². The number of nitrogens with two attached hydrogens (primary N) is 1. The van der Waals surface area contributed by atoms with E-state index in [1.807, 2.05) is 0 Å². The third-order valence-electron chi connectivity index (χ3n) is 2.09. The largest absolute Gasteiger partial charge is 0.479 e. The van der Waals surface area contributed by atoms with Gasteiger partial charge in [0.15, 0.2) is 5.69 Å². The number of hydrogen-bond acceptors (Lipinski definition) is 5. The van der Waals surface area contributed by atoms with Crippen molar-refractivity contribution in [2.24, 2.45) is 5.41 Å². The van der Waals surface area contributed by atoms with Gasteiger partial charge in [0.05, 0.1) is 13.7 Å². The summed E-state index contributed by atoms with van der Waals surface area (Å²) in [4.78, 5) is 7.84. The van der Waals surface area contributed by atoms with Crippen LogP contribution in [0.1, 0.15) is 27.2 Å². The maximum Gasteiger partial charge on any atom is 0.244 e. The Hall–Kier alpha value is -1.52. The van der Waals surface area contributed by atoms with Crippen molar-refractivity contribution >= 4 is 5.69 Å². The molecule has 1 aromatic rings. The minimum Gasteiger partial charge on any atom is -0.479 e. The van der Waals surface area contributed by atoms with Gasteiger partial charge in [-0.05, 0) is 11.8 Å². The first-order valence-electron chi connectivity index (χ1n) is 5.21. The fraction of sp³-hybridized carbons (Fsp3) is 0.636. The number of aromatic nitrogens is 2. The normalized spacial score (nSPS) is 11.2. The van der Waals surface area contributed by atoms with E-state index in [1.165, 1.54) is 13.4 Å². The molecule has 0 aliphatic rings. The second-order valence-corrected chi connectivity index (χ2v) is 4.76. The standard InChI is InChI=1S/C11H19N3O2/c1-11(2,3)5-6-16-10-8(12)9(15-4)13-7-14-10/h7H,5-6,12H2,1-4H3. The monoisotopic (exact) mass is 225 g/mol. The minimum atomic E-state index is 0.228. The maximum absolute atomic E-state index is 5.77. The van der Waals surface area contributed by atoms with E-state index in [-0.39, 0.29) is 5.41 Å². The second-order valence-electron chi connectivity index (χ2n) is 4.76. The smallest absolute Gasteiger partial charge is 0.244 e. The molecule has 90 valence electrons. The van der Waals surface area contributed by atoms with Crippen molar-refractivity contribution in [2.45, 2.75) is 27.2 Å². The molecule has 0 radical (unpaired) electrons. The van der Waals surface area contributed by atoms with Crippen LogP contribution in [-0.2, 0) is 0 Å². The summed E-state index contributed by atoms with van der Waals surface area (Å²) in [5.41, 5.74) is 6.34. The average Bonchev–Trinajstić information content (AvgIpc) is 2.19. The van der Waals surface area contributed by atoms with Crippen LogP contribution in [0.3, 0.4) is 0 Å². The van der Waals surface area contributed by atoms with Crippen molar-refractivity contribution in [1.29, 1.82) is 0 Å². The van der Waals surface area contributed by atoms with Gasteiger partial charge in [-0.1, -0.05) is 20.8 Å². The number of hydrogen-bond donors (Lipinski definition) is 1. The van der Waals surface area contributed by atoms with E-state index in [0.717, 1.165) is 6.42 Å². The summed E-state index contributed by atoms with van der Waals surface area (Å²) in [5.74, 6) is 0.733. The van der Waals surface area contributed by atoms with Crippen molar-refractivity contribution in [3.63, 3.8) is 0 Å². The Kier molecular flexibility index (Phi) is 3.93. The summed E-state index contributed by atoms with van der Waals surface area (Å²) in [6.45, 7) is 7.04. The lowest BCUT2D eigenvalue weighted by atomic mass is 9.93. The number of methoxy groups -OCH3 is 1. The number of nitrogen functional groups attached to an aromatic ring is 1. The van der Waals surface area contributed by atoms with E-state index in [4.69, 9.17) is 15.2 Å². The van der Waals surface area contributed by atoms with Gasteiger partial charge in [0.2, 0.25) is 11.8 Å². The molecule has 0 bridgehead atoms. The summed E-state index contributed by atoms with van der Waals surface area (Å²) in [5, 5.41) is 0. The molecule has 0 aliphatic carbocycles. The van der Waals surface area contributed by atoms with E-state index >= 15 is 0 Å². The fourth-order valence-electron chi connectivity index (χ4n) is 1.10. The van der Waals surface area contributed by atoms with E-state index in [0.29, 0.717) is 24.1 Å². The van der Waals surface area contributed by atoms with Gasteiger partial charge in [-0.25, -0.2) is 0 Å². The van der Waals surface area contributed by atoms with Crippen LogP contribution >= 0.6 is 0 Å². The van der Waals surface area contributed by atoms with Crippen LogP contribution in [-0.4, -0.2) is 23.7 Å². The Morgan fingerprint density at radius 1 is 1.25 bits per heavy atom. The van der Waals surface area contributed by atoms with Crippen LogP contribution in [0.5, 0.6) is 11.8 Å². The quantitative estimate of drug-likeness (QED) is 0.847. The van der Waals surface area contributed by atoms with Gasteiger partial charge in [-0.2, -0.15) is 9.97 Å². The van der Waals surface area contributed by atoms with Gasteiger partial charge in [0.25, 0.3) is 0 Å². The molecule has 0 spiro atoms. The van der Waals surface area contributed by atoms with Crippen LogP contribution < -0.4 is 15.2 Å². The zero-order valence-electron chi connectivity index (χ0n) is 10.3. The summed E-state index contributed by atoms with van der Waals surface area (Å²) in [7, 11) is 1.51. The van der Waals surface area contributed by atoms with Gasteiger partial charge in [-0.15, -0.1) is 0 Å². The fourth-order valence-corrected chi connectivity index (χ4v) is 1.10. The molecule has 5 heteroatoms. The Morgan fingerprint density at radius 3 is 2.44 bits per heavy atom. The first-order chi connectivity index (χ1) is 7.44. The molecule has 0 amide bonds. The molecule has 1 aromatic heterocycles. The van der Waals surface area contributed by atoms with Crippen LogP contribution in [0.2, 0.25) is 0 Å². The van der Waals surface area contributed by atoms with Crippen molar-refractivity contribution in [3.8, 4) is 11.8 Å². The average molecular weight is 225 g/mol. The van der Waals surface area contributed by atoms with E-state index in [9.17, 15) is 0 Å². The van der Waals surface area contributed by atoms with Crippen LogP contribution in [0.4, 0.5) is 5.69 Å². The molecular weight excluding hydrogens is 206 g/mol. The summed E-state index contributed by atoms with van der Waals surface area (Å²) < 4.78 is 10.5. The third kappa shape index (κ3) is 3.56. The van der Waals surface area contributed by atoms with Gasteiger partial charge in [-0.3, -0.25) is 0 Å². The molecule has 0 saturated carbocycles. The molecule has 1 rings (SSSR count).